The smallest absolute Gasteiger partial charge is 0.303 e. The maximum atomic E-state index is 12.9. The monoisotopic (exact) mass is 719 g/mol. The van der Waals surface area contributed by atoms with E-state index >= 15 is 0 Å². The Hall–Kier alpha value is -3.51. The number of carboxylic acids is 1. The molecule has 2 rings (SSSR count). The molecule has 0 saturated carbocycles. The third-order valence-electron chi connectivity index (χ3n) is 8.06. The second-order valence-corrected chi connectivity index (χ2v) is 12.3. The predicted molar refractivity (Wildman–Crippen MR) is 191 cm³/mol. The topological polar surface area (TPSA) is 213 Å². The highest BCUT2D eigenvalue weighted by molar-refractivity contribution is 5.78. The summed E-state index contributed by atoms with van der Waals surface area (Å²) >= 11 is 0. The Morgan fingerprint density at radius 1 is 0.706 bits per heavy atom. The molecule has 15 heteroatoms. The minimum atomic E-state index is -1.11. The molecule has 2 aromatic rings. The van der Waals surface area contributed by atoms with Gasteiger partial charge in [0.05, 0.1) is 64.9 Å². The molecule has 0 aliphatic heterocycles. The number of hydrogen-bond acceptors (Lipinski definition) is 12. The highest BCUT2D eigenvalue weighted by Gasteiger charge is 2.25. The van der Waals surface area contributed by atoms with Gasteiger partial charge in [-0.25, -0.2) is 0 Å². The van der Waals surface area contributed by atoms with Crippen molar-refractivity contribution in [1.82, 2.24) is 25.8 Å². The summed E-state index contributed by atoms with van der Waals surface area (Å²) in [6.45, 7) is 3.43. The van der Waals surface area contributed by atoms with Gasteiger partial charge in [0.25, 0.3) is 0 Å². The number of aliphatic hydroxyl groups excluding tert-OH is 4. The predicted octanol–water partition coefficient (Wildman–Crippen LogP) is -0.826. The highest BCUT2D eigenvalue weighted by Crippen LogP contribution is 2.09. The molecular weight excluding hydrogens is 662 g/mol. The van der Waals surface area contributed by atoms with Gasteiger partial charge in [-0.05, 0) is 30.6 Å². The van der Waals surface area contributed by atoms with Gasteiger partial charge in [-0.3, -0.25) is 24.2 Å². The summed E-state index contributed by atoms with van der Waals surface area (Å²) in [7, 11) is 0. The van der Waals surface area contributed by atoms with E-state index in [-0.39, 0.29) is 76.8 Å². The second-order valence-electron chi connectivity index (χ2n) is 12.3. The second kappa shape index (κ2) is 26.3. The van der Waals surface area contributed by atoms with E-state index in [0.717, 1.165) is 11.1 Å². The summed E-state index contributed by atoms with van der Waals surface area (Å²) in [5.41, 5.74) is 1.97. The normalized spacial score (nSPS) is 13.9. The number of rotatable bonds is 29. The lowest BCUT2D eigenvalue weighted by Crippen LogP contribution is -2.53. The third-order valence-corrected chi connectivity index (χ3v) is 8.06. The van der Waals surface area contributed by atoms with Crippen LogP contribution < -0.4 is 16.0 Å². The Bertz CT molecular complexity index is 1230. The van der Waals surface area contributed by atoms with Crippen LogP contribution in [-0.2, 0) is 37.1 Å². The Morgan fingerprint density at radius 2 is 1.16 bits per heavy atom. The molecule has 0 aliphatic carbocycles. The lowest BCUT2D eigenvalue weighted by molar-refractivity contribution is -0.137. The summed E-state index contributed by atoms with van der Waals surface area (Å²) in [5.74, 6) is -1.66. The van der Waals surface area contributed by atoms with Crippen LogP contribution in [0.5, 0.6) is 0 Å². The number of aliphatic carboxylic acids is 1. The van der Waals surface area contributed by atoms with Crippen molar-refractivity contribution in [3.63, 3.8) is 0 Å². The summed E-state index contributed by atoms with van der Waals surface area (Å²) in [6.07, 6.45) is -1.96. The third kappa shape index (κ3) is 19.6. The van der Waals surface area contributed by atoms with Gasteiger partial charge in [0, 0.05) is 44.7 Å². The van der Waals surface area contributed by atoms with Crippen LogP contribution in [0.25, 0.3) is 0 Å². The molecule has 2 aromatic carbocycles. The molecule has 0 aromatic heterocycles. The average Bonchev–Trinajstić information content (AvgIpc) is 3.14. The van der Waals surface area contributed by atoms with Gasteiger partial charge in [-0.1, -0.05) is 67.6 Å². The van der Waals surface area contributed by atoms with Gasteiger partial charge in [-0.15, -0.1) is 0 Å². The average molecular weight is 720 g/mol. The lowest BCUT2D eigenvalue weighted by Gasteiger charge is -2.34. The molecule has 4 unspecified atom stereocenters. The molecule has 0 aliphatic rings. The van der Waals surface area contributed by atoms with E-state index in [9.17, 15) is 29.7 Å². The first-order valence-electron chi connectivity index (χ1n) is 17.4. The number of carbonyl (C=O) groups is 3. The van der Waals surface area contributed by atoms with Crippen molar-refractivity contribution in [1.29, 1.82) is 0 Å². The van der Waals surface area contributed by atoms with Gasteiger partial charge in [-0.2, -0.15) is 0 Å². The molecule has 0 spiro atoms. The maximum absolute atomic E-state index is 12.9. The van der Waals surface area contributed by atoms with Gasteiger partial charge >= 0.3 is 5.97 Å². The van der Waals surface area contributed by atoms with Crippen molar-refractivity contribution in [2.75, 3.05) is 78.8 Å². The fourth-order valence-corrected chi connectivity index (χ4v) is 5.17. The maximum Gasteiger partial charge on any atom is 0.303 e. The van der Waals surface area contributed by atoms with Crippen LogP contribution in [0.15, 0.2) is 60.7 Å². The van der Waals surface area contributed by atoms with Crippen molar-refractivity contribution in [3.8, 4) is 0 Å². The summed E-state index contributed by atoms with van der Waals surface area (Å²) in [6, 6.07) is 18.7. The first kappa shape index (κ1) is 43.7. The first-order valence-corrected chi connectivity index (χ1v) is 17.4. The van der Waals surface area contributed by atoms with Crippen LogP contribution in [0.1, 0.15) is 30.9 Å². The Kier molecular flexibility index (Phi) is 22.5. The van der Waals surface area contributed by atoms with Crippen LogP contribution >= 0.6 is 0 Å². The lowest BCUT2D eigenvalue weighted by atomic mass is 10.2. The fraction of sp³-hybridized carbons (Fsp3) is 0.583. The minimum absolute atomic E-state index is 0.0283. The molecule has 0 radical (unpaired) electrons. The molecule has 51 heavy (non-hydrogen) atoms. The van der Waals surface area contributed by atoms with Crippen LogP contribution in [0.4, 0.5) is 0 Å². The number of ether oxygens (including phenoxy) is 2. The quantitative estimate of drug-likeness (QED) is 0.0517. The van der Waals surface area contributed by atoms with E-state index in [0.29, 0.717) is 32.8 Å². The number of carbonyl (C=O) groups excluding carboxylic acids is 2. The number of likely N-dealkylation sites (N-methyl/N-ethyl adjacent to an activating group) is 1. The van der Waals surface area contributed by atoms with Crippen molar-refractivity contribution in [3.05, 3.63) is 71.8 Å². The molecule has 0 fully saturated rings. The van der Waals surface area contributed by atoms with Crippen molar-refractivity contribution in [2.45, 2.75) is 57.3 Å². The van der Waals surface area contributed by atoms with Crippen LogP contribution in [0.2, 0.25) is 0 Å². The Morgan fingerprint density at radius 3 is 1.59 bits per heavy atom. The summed E-state index contributed by atoms with van der Waals surface area (Å²) in [4.78, 5) is 40.8. The van der Waals surface area contributed by atoms with E-state index in [1.807, 2.05) is 77.4 Å². The first-order chi connectivity index (χ1) is 24.6. The number of carboxylic acid groups (broad SMARTS) is 1. The standard InChI is InChI=1S/C36H57N5O10/c1-2-40(20-34(46)38-18-32(44)22-42)30(26-50-24-28-10-5-3-6-11-28)16-37-17-31(27-51-25-29-12-7-4-8-13-29)41(15-9-14-36(48)49)21-35(47)39-19-33(45)23-43/h3-8,10-13,30-33,37,42-45H,2,9,14-27H2,1H3,(H,38,46)(H,39,47)(H,48,49). The minimum Gasteiger partial charge on any atom is -0.481 e. The van der Waals surface area contributed by atoms with Gasteiger partial charge in [0.1, 0.15) is 0 Å². The van der Waals surface area contributed by atoms with Crippen LogP contribution in [0, 0.1) is 0 Å². The van der Waals surface area contributed by atoms with Crippen molar-refractivity contribution < 1.29 is 49.4 Å². The van der Waals surface area contributed by atoms with E-state index in [1.54, 1.807) is 0 Å². The Labute approximate surface area is 300 Å². The van der Waals surface area contributed by atoms with Gasteiger partial charge in [0.15, 0.2) is 0 Å². The number of amides is 2. The summed E-state index contributed by atoms with van der Waals surface area (Å²) in [5, 5.41) is 55.7. The summed E-state index contributed by atoms with van der Waals surface area (Å²) < 4.78 is 12.2. The SMILES string of the molecule is CCN(CC(=O)NCC(O)CO)C(CNCC(COCc1ccccc1)N(CCCC(=O)O)CC(=O)NCC(O)CO)COCc1ccccc1. The molecule has 15 nitrogen and oxygen atoms in total. The molecule has 0 saturated heterocycles. The molecule has 2 amide bonds. The van der Waals surface area contributed by atoms with Crippen LogP contribution in [-0.4, -0.2) is 156 Å². The number of nitrogens with zero attached hydrogens (tertiary/aromatic N) is 2. The van der Waals surface area contributed by atoms with E-state index in [2.05, 4.69) is 16.0 Å². The number of hydrogen-bond donors (Lipinski definition) is 8. The molecular formula is C36H57N5O10. The molecule has 8 N–H and O–H groups in total. The number of aliphatic hydroxyl groups is 4. The zero-order chi connectivity index (χ0) is 37.3. The number of benzene rings is 2. The van der Waals surface area contributed by atoms with Crippen molar-refractivity contribution >= 4 is 17.8 Å². The largest absolute Gasteiger partial charge is 0.481 e. The fourth-order valence-electron chi connectivity index (χ4n) is 5.17. The molecule has 0 heterocycles. The van der Waals surface area contributed by atoms with E-state index in [4.69, 9.17) is 19.7 Å². The zero-order valence-corrected chi connectivity index (χ0v) is 29.6. The highest BCUT2D eigenvalue weighted by atomic mass is 16.5. The zero-order valence-electron chi connectivity index (χ0n) is 29.6. The number of nitrogens with one attached hydrogen (secondary N) is 3. The molecule has 286 valence electrons. The van der Waals surface area contributed by atoms with Crippen LogP contribution in [0.3, 0.4) is 0 Å². The van der Waals surface area contributed by atoms with E-state index < -0.39 is 37.3 Å². The van der Waals surface area contributed by atoms with Crippen molar-refractivity contribution in [2.24, 2.45) is 0 Å². The Balaban J connectivity index is 2.21. The molecule has 0 bridgehead atoms. The van der Waals surface area contributed by atoms with Gasteiger partial charge in [0.2, 0.25) is 11.8 Å². The van der Waals surface area contributed by atoms with E-state index in [1.165, 1.54) is 0 Å². The van der Waals surface area contributed by atoms with Gasteiger partial charge < -0.3 is 51.0 Å². The molecule has 4 atom stereocenters.